The number of carbonyl (C=O) groups excluding carboxylic acids is 3. The van der Waals surface area contributed by atoms with Gasteiger partial charge in [-0.05, 0) is 54.1 Å². The number of rotatable bonds is 6. The first-order chi connectivity index (χ1) is 14.5. The Bertz CT molecular complexity index is 1060. The van der Waals surface area contributed by atoms with Crippen LogP contribution in [0.3, 0.4) is 0 Å². The maximum absolute atomic E-state index is 12.9. The third-order valence-electron chi connectivity index (χ3n) is 3.99. The van der Waals surface area contributed by atoms with E-state index in [4.69, 9.17) is 0 Å². The van der Waals surface area contributed by atoms with Gasteiger partial charge in [-0.2, -0.15) is 0 Å². The number of hydrogen-bond acceptors (Lipinski definition) is 4. The molecule has 3 N–H and O–H groups in total. The number of benzene rings is 2. The van der Waals surface area contributed by atoms with Gasteiger partial charge < -0.3 is 16.0 Å². The van der Waals surface area contributed by atoms with Crippen LogP contribution in [0.4, 0.5) is 11.4 Å². The summed E-state index contributed by atoms with van der Waals surface area (Å²) in [4.78, 5) is 40.6. The standard InChI is InChI=1S/C23H20N4O3/c1-16(28)25-19-9-11-20(12-10-19)26-23(30)21(14-17-6-5-13-24-15-17)27-22(29)18-7-3-2-4-8-18/h2-15H,1H3,(H,25,28)(H,26,30)(H,27,29). The lowest BCUT2D eigenvalue weighted by atomic mass is 10.2. The molecule has 3 aromatic rings. The molecule has 3 amide bonds. The molecule has 2 aromatic carbocycles. The average Bonchev–Trinajstić information content (AvgIpc) is 2.75. The normalized spacial score (nSPS) is 10.8. The van der Waals surface area contributed by atoms with Gasteiger partial charge in [0.05, 0.1) is 0 Å². The largest absolute Gasteiger partial charge is 0.326 e. The molecule has 7 heteroatoms. The van der Waals surface area contributed by atoms with E-state index in [0.717, 1.165) is 0 Å². The minimum atomic E-state index is -0.490. The third-order valence-corrected chi connectivity index (χ3v) is 3.99. The van der Waals surface area contributed by atoms with Crippen LogP contribution < -0.4 is 16.0 Å². The highest BCUT2D eigenvalue weighted by Crippen LogP contribution is 2.15. The molecule has 0 aliphatic heterocycles. The molecule has 30 heavy (non-hydrogen) atoms. The number of carbonyl (C=O) groups is 3. The molecular formula is C23H20N4O3. The van der Waals surface area contributed by atoms with Crippen LogP contribution in [0.15, 0.2) is 84.8 Å². The Hall–Kier alpha value is -4.26. The second-order valence-corrected chi connectivity index (χ2v) is 6.38. The minimum absolute atomic E-state index is 0.0720. The van der Waals surface area contributed by atoms with Gasteiger partial charge in [-0.1, -0.05) is 24.3 Å². The first-order valence-corrected chi connectivity index (χ1v) is 9.18. The van der Waals surface area contributed by atoms with Gasteiger partial charge in [-0.15, -0.1) is 0 Å². The number of nitrogens with zero attached hydrogens (tertiary/aromatic N) is 1. The fraction of sp³-hybridized carbons (Fsp3) is 0.0435. The summed E-state index contributed by atoms with van der Waals surface area (Å²) in [5.41, 5.74) is 2.30. The van der Waals surface area contributed by atoms with E-state index < -0.39 is 11.8 Å². The molecular weight excluding hydrogens is 380 g/mol. The van der Waals surface area contributed by atoms with Gasteiger partial charge in [0.1, 0.15) is 5.70 Å². The van der Waals surface area contributed by atoms with Crippen molar-refractivity contribution in [3.05, 3.63) is 95.9 Å². The maximum atomic E-state index is 12.9. The zero-order valence-corrected chi connectivity index (χ0v) is 16.3. The molecule has 0 unspecified atom stereocenters. The number of anilines is 2. The van der Waals surface area contributed by atoms with Gasteiger partial charge in [0, 0.05) is 36.3 Å². The van der Waals surface area contributed by atoms with Crippen molar-refractivity contribution in [2.75, 3.05) is 10.6 Å². The predicted molar refractivity (Wildman–Crippen MR) is 115 cm³/mol. The molecule has 0 radical (unpaired) electrons. The summed E-state index contributed by atoms with van der Waals surface area (Å²) in [6, 6.07) is 18.8. The molecule has 0 bridgehead atoms. The predicted octanol–water partition coefficient (Wildman–Crippen LogP) is 3.45. The minimum Gasteiger partial charge on any atom is -0.326 e. The SMILES string of the molecule is CC(=O)Nc1ccc(NC(=O)C(=Cc2cccnc2)NC(=O)c2ccccc2)cc1. The lowest BCUT2D eigenvalue weighted by Gasteiger charge is -2.12. The molecule has 0 saturated carbocycles. The third kappa shape index (κ3) is 5.87. The van der Waals surface area contributed by atoms with E-state index in [0.29, 0.717) is 22.5 Å². The van der Waals surface area contributed by atoms with E-state index in [1.165, 1.54) is 6.92 Å². The Morgan fingerprint density at radius 3 is 2.10 bits per heavy atom. The fourth-order valence-corrected chi connectivity index (χ4v) is 2.61. The van der Waals surface area contributed by atoms with E-state index in [9.17, 15) is 14.4 Å². The number of aromatic nitrogens is 1. The lowest BCUT2D eigenvalue weighted by molar-refractivity contribution is -0.114. The van der Waals surface area contributed by atoms with Gasteiger partial charge >= 0.3 is 0 Å². The van der Waals surface area contributed by atoms with Gasteiger partial charge in [-0.3, -0.25) is 19.4 Å². The van der Waals surface area contributed by atoms with Crippen molar-refractivity contribution in [2.45, 2.75) is 6.92 Å². The summed E-state index contributed by atoms with van der Waals surface area (Å²) >= 11 is 0. The Balaban J connectivity index is 1.80. The highest BCUT2D eigenvalue weighted by Gasteiger charge is 2.15. The van der Waals surface area contributed by atoms with Crippen molar-refractivity contribution < 1.29 is 14.4 Å². The summed E-state index contributed by atoms with van der Waals surface area (Å²) in [7, 11) is 0. The number of nitrogens with one attached hydrogen (secondary N) is 3. The van der Waals surface area contributed by atoms with Crippen LogP contribution in [0.25, 0.3) is 6.08 Å². The summed E-state index contributed by atoms with van der Waals surface area (Å²) in [6.45, 7) is 1.42. The highest BCUT2D eigenvalue weighted by atomic mass is 16.2. The van der Waals surface area contributed by atoms with Crippen molar-refractivity contribution in [1.29, 1.82) is 0 Å². The molecule has 7 nitrogen and oxygen atoms in total. The van der Waals surface area contributed by atoms with E-state index in [1.54, 1.807) is 85.2 Å². The van der Waals surface area contributed by atoms with Gasteiger partial charge in [0.2, 0.25) is 5.91 Å². The van der Waals surface area contributed by atoms with Crippen molar-refractivity contribution in [1.82, 2.24) is 10.3 Å². The fourth-order valence-electron chi connectivity index (χ4n) is 2.61. The Morgan fingerprint density at radius 1 is 0.833 bits per heavy atom. The molecule has 0 fully saturated rings. The molecule has 1 heterocycles. The Labute approximate surface area is 173 Å². The average molecular weight is 400 g/mol. The van der Waals surface area contributed by atoms with Crippen molar-refractivity contribution in [3.8, 4) is 0 Å². The number of pyridine rings is 1. The summed E-state index contributed by atoms with van der Waals surface area (Å²) in [5, 5.41) is 8.07. The van der Waals surface area contributed by atoms with Crippen LogP contribution in [-0.4, -0.2) is 22.7 Å². The van der Waals surface area contributed by atoms with Gasteiger partial charge in [-0.25, -0.2) is 0 Å². The van der Waals surface area contributed by atoms with Gasteiger partial charge in [0.15, 0.2) is 0 Å². The van der Waals surface area contributed by atoms with E-state index >= 15 is 0 Å². The maximum Gasteiger partial charge on any atom is 0.272 e. The van der Waals surface area contributed by atoms with Crippen LogP contribution in [-0.2, 0) is 9.59 Å². The molecule has 3 rings (SSSR count). The quantitative estimate of drug-likeness (QED) is 0.552. The van der Waals surface area contributed by atoms with Gasteiger partial charge in [0.25, 0.3) is 11.8 Å². The van der Waals surface area contributed by atoms with E-state index in [2.05, 4.69) is 20.9 Å². The highest BCUT2D eigenvalue weighted by molar-refractivity contribution is 6.10. The van der Waals surface area contributed by atoms with Crippen molar-refractivity contribution in [2.24, 2.45) is 0 Å². The van der Waals surface area contributed by atoms with Crippen molar-refractivity contribution in [3.63, 3.8) is 0 Å². The zero-order chi connectivity index (χ0) is 21.3. The number of amides is 3. The molecule has 1 aromatic heterocycles. The van der Waals surface area contributed by atoms with Crippen molar-refractivity contribution >= 4 is 35.2 Å². The monoisotopic (exact) mass is 400 g/mol. The molecule has 0 atom stereocenters. The molecule has 0 aliphatic carbocycles. The second kappa shape index (κ2) is 9.79. The smallest absolute Gasteiger partial charge is 0.272 e. The summed E-state index contributed by atoms with van der Waals surface area (Å²) in [6.07, 6.45) is 4.76. The van der Waals surface area contributed by atoms with Crippen LogP contribution in [0.5, 0.6) is 0 Å². The topological polar surface area (TPSA) is 100 Å². The first kappa shape index (κ1) is 20.5. The Morgan fingerprint density at radius 2 is 1.50 bits per heavy atom. The zero-order valence-electron chi connectivity index (χ0n) is 16.3. The summed E-state index contributed by atoms with van der Waals surface area (Å²) < 4.78 is 0. The second-order valence-electron chi connectivity index (χ2n) is 6.38. The number of hydrogen-bond donors (Lipinski definition) is 3. The van der Waals surface area contributed by atoms with Crippen LogP contribution >= 0.6 is 0 Å². The van der Waals surface area contributed by atoms with Crippen LogP contribution in [0.2, 0.25) is 0 Å². The van der Waals surface area contributed by atoms with Crippen LogP contribution in [0, 0.1) is 0 Å². The lowest BCUT2D eigenvalue weighted by Crippen LogP contribution is -2.30. The molecule has 0 spiro atoms. The van der Waals surface area contributed by atoms with Crippen LogP contribution in [0.1, 0.15) is 22.8 Å². The van der Waals surface area contributed by atoms with E-state index in [-0.39, 0.29) is 11.6 Å². The summed E-state index contributed by atoms with van der Waals surface area (Å²) in [5.74, 6) is -1.07. The first-order valence-electron chi connectivity index (χ1n) is 9.18. The Kier molecular flexibility index (Phi) is 6.68. The molecule has 150 valence electrons. The molecule has 0 saturated heterocycles. The molecule has 0 aliphatic rings. The van der Waals surface area contributed by atoms with E-state index in [1.807, 2.05) is 0 Å².